The molecule has 0 saturated heterocycles. The maximum Gasteiger partial charge on any atom is 0.165 e. The fourth-order valence-corrected chi connectivity index (χ4v) is 1.52. The molecule has 17 heavy (non-hydrogen) atoms. The molecule has 3 nitrogen and oxygen atoms in total. The Morgan fingerprint density at radius 2 is 2.00 bits per heavy atom. The van der Waals surface area contributed by atoms with Crippen LogP contribution in [0.5, 0.6) is 0 Å². The largest absolute Gasteiger partial charge is 0.382 e. The molecule has 2 aromatic rings. The zero-order chi connectivity index (χ0) is 12.4. The van der Waals surface area contributed by atoms with Crippen LogP contribution in [-0.2, 0) is 0 Å². The molecule has 0 aliphatic carbocycles. The van der Waals surface area contributed by atoms with Gasteiger partial charge in [0.1, 0.15) is 11.9 Å². The Kier molecular flexibility index (Phi) is 3.10. The van der Waals surface area contributed by atoms with E-state index in [1.54, 1.807) is 6.92 Å². The number of benzene rings is 1. The zero-order valence-corrected chi connectivity index (χ0v) is 9.06. The summed E-state index contributed by atoms with van der Waals surface area (Å²) >= 11 is 0. The number of rotatable bonds is 2. The van der Waals surface area contributed by atoms with Crippen LogP contribution >= 0.6 is 0 Å². The van der Waals surface area contributed by atoms with Crippen LogP contribution < -0.4 is 0 Å². The van der Waals surface area contributed by atoms with Crippen molar-refractivity contribution >= 4 is 0 Å². The monoisotopic (exact) mass is 236 g/mol. The molecule has 1 aromatic carbocycles. The van der Waals surface area contributed by atoms with Crippen molar-refractivity contribution in [2.24, 2.45) is 0 Å². The predicted octanol–water partition coefficient (Wildman–Crippen LogP) is 2.14. The fraction of sp³-hybridized carbons (Fsp3) is 0.167. The number of nitrogens with zero attached hydrogens (tertiary/aromatic N) is 2. The lowest BCUT2D eigenvalue weighted by atomic mass is 10.1. The van der Waals surface area contributed by atoms with Gasteiger partial charge in [0.05, 0.1) is 5.69 Å². The van der Waals surface area contributed by atoms with Crippen molar-refractivity contribution in [3.8, 4) is 0 Å². The summed E-state index contributed by atoms with van der Waals surface area (Å²) in [5.41, 5.74) is 0.102. The summed E-state index contributed by atoms with van der Waals surface area (Å²) in [5, 5.41) is 9.92. The first-order chi connectivity index (χ1) is 8.09. The maximum atomic E-state index is 13.5. The van der Waals surface area contributed by atoms with Gasteiger partial charge in [-0.1, -0.05) is 12.1 Å². The van der Waals surface area contributed by atoms with E-state index in [1.807, 2.05) is 0 Å². The molecule has 1 N–H and O–H groups in total. The molecule has 0 spiro atoms. The van der Waals surface area contributed by atoms with Crippen LogP contribution in [0.2, 0.25) is 0 Å². The van der Waals surface area contributed by atoms with Gasteiger partial charge < -0.3 is 5.11 Å². The third-order valence-electron chi connectivity index (χ3n) is 2.35. The lowest BCUT2D eigenvalue weighted by Crippen LogP contribution is -2.07. The molecule has 1 aromatic heterocycles. The molecule has 0 aliphatic rings. The third kappa shape index (κ3) is 2.29. The van der Waals surface area contributed by atoms with E-state index >= 15 is 0 Å². The first kappa shape index (κ1) is 11.6. The van der Waals surface area contributed by atoms with Gasteiger partial charge in [-0.25, -0.2) is 18.7 Å². The molecule has 0 aliphatic heterocycles. The van der Waals surface area contributed by atoms with Crippen LogP contribution in [0, 0.1) is 18.6 Å². The lowest BCUT2D eigenvalue weighted by Gasteiger charge is -2.11. The summed E-state index contributed by atoms with van der Waals surface area (Å²) in [6, 6.07) is 5.12. The van der Waals surface area contributed by atoms with Gasteiger partial charge >= 0.3 is 0 Å². The molecule has 2 rings (SSSR count). The normalized spacial score (nSPS) is 12.5. The maximum absolute atomic E-state index is 13.5. The number of aromatic nitrogens is 2. The third-order valence-corrected chi connectivity index (χ3v) is 2.35. The standard InChI is InChI=1S/C12H10F2N2O/c1-7-15-6-5-10(16-7)12(17)8-3-2-4-9(13)11(8)14/h2-6,12,17H,1H3. The van der Waals surface area contributed by atoms with Gasteiger partial charge in [-0.3, -0.25) is 0 Å². The molecule has 5 heteroatoms. The average Bonchev–Trinajstić information content (AvgIpc) is 2.32. The van der Waals surface area contributed by atoms with E-state index in [0.717, 1.165) is 6.07 Å². The fourth-order valence-electron chi connectivity index (χ4n) is 1.52. The van der Waals surface area contributed by atoms with Gasteiger partial charge in [0.2, 0.25) is 0 Å². The van der Waals surface area contributed by atoms with E-state index in [2.05, 4.69) is 9.97 Å². The summed E-state index contributed by atoms with van der Waals surface area (Å²) in [4.78, 5) is 7.84. The van der Waals surface area contributed by atoms with Crippen molar-refractivity contribution in [2.45, 2.75) is 13.0 Å². The van der Waals surface area contributed by atoms with E-state index < -0.39 is 17.7 Å². The van der Waals surface area contributed by atoms with Gasteiger partial charge in [0, 0.05) is 11.8 Å². The van der Waals surface area contributed by atoms with Crippen molar-refractivity contribution < 1.29 is 13.9 Å². The highest BCUT2D eigenvalue weighted by molar-refractivity contribution is 5.27. The Bertz CT molecular complexity index is 546. The van der Waals surface area contributed by atoms with Crippen molar-refractivity contribution in [2.75, 3.05) is 0 Å². The van der Waals surface area contributed by atoms with E-state index in [-0.39, 0.29) is 11.3 Å². The molecule has 1 unspecified atom stereocenters. The van der Waals surface area contributed by atoms with E-state index in [9.17, 15) is 13.9 Å². The topological polar surface area (TPSA) is 46.0 Å². The van der Waals surface area contributed by atoms with Crippen LogP contribution in [0.1, 0.15) is 23.2 Å². The minimum atomic E-state index is -1.30. The first-order valence-corrected chi connectivity index (χ1v) is 5.01. The highest BCUT2D eigenvalue weighted by atomic mass is 19.2. The summed E-state index contributed by atoms with van der Waals surface area (Å²) in [6.45, 7) is 1.65. The quantitative estimate of drug-likeness (QED) is 0.868. The molecule has 0 amide bonds. The number of aliphatic hydroxyl groups is 1. The molecule has 1 heterocycles. The average molecular weight is 236 g/mol. The predicted molar refractivity (Wildman–Crippen MR) is 57.2 cm³/mol. The Labute approximate surface area is 96.8 Å². The lowest BCUT2D eigenvalue weighted by molar-refractivity contribution is 0.208. The second-order valence-corrected chi connectivity index (χ2v) is 3.57. The first-order valence-electron chi connectivity index (χ1n) is 5.01. The van der Waals surface area contributed by atoms with Gasteiger partial charge in [-0.15, -0.1) is 0 Å². The second-order valence-electron chi connectivity index (χ2n) is 3.57. The number of aliphatic hydroxyl groups excluding tert-OH is 1. The van der Waals surface area contributed by atoms with Crippen molar-refractivity contribution in [3.63, 3.8) is 0 Å². The summed E-state index contributed by atoms with van der Waals surface area (Å²) < 4.78 is 26.5. The summed E-state index contributed by atoms with van der Waals surface area (Å²) in [7, 11) is 0. The number of hydrogen-bond donors (Lipinski definition) is 1. The minimum absolute atomic E-state index is 0.136. The summed E-state index contributed by atoms with van der Waals surface area (Å²) in [5.74, 6) is -1.60. The zero-order valence-electron chi connectivity index (χ0n) is 9.06. The van der Waals surface area contributed by atoms with E-state index in [0.29, 0.717) is 5.82 Å². The Morgan fingerprint density at radius 3 is 2.71 bits per heavy atom. The van der Waals surface area contributed by atoms with Crippen molar-refractivity contribution in [3.05, 3.63) is 59.2 Å². The molecule has 1 atom stereocenters. The van der Waals surface area contributed by atoms with Gasteiger partial charge in [-0.2, -0.15) is 0 Å². The number of aryl methyl sites for hydroxylation is 1. The van der Waals surface area contributed by atoms with Crippen LogP contribution in [0.3, 0.4) is 0 Å². The van der Waals surface area contributed by atoms with E-state index in [4.69, 9.17) is 0 Å². The van der Waals surface area contributed by atoms with Gasteiger partial charge in [-0.05, 0) is 19.1 Å². The molecule has 0 bridgehead atoms. The van der Waals surface area contributed by atoms with Crippen LogP contribution in [-0.4, -0.2) is 15.1 Å². The van der Waals surface area contributed by atoms with Crippen molar-refractivity contribution in [1.82, 2.24) is 9.97 Å². The molecule has 0 radical (unpaired) electrons. The number of hydrogen-bond acceptors (Lipinski definition) is 3. The van der Waals surface area contributed by atoms with Gasteiger partial charge in [0.25, 0.3) is 0 Å². The molecular formula is C12H10F2N2O. The van der Waals surface area contributed by atoms with Gasteiger partial charge in [0.15, 0.2) is 11.6 Å². The molecule has 0 saturated carbocycles. The summed E-state index contributed by atoms with van der Waals surface area (Å²) in [6.07, 6.45) is 0.158. The molecular weight excluding hydrogens is 226 g/mol. The highest BCUT2D eigenvalue weighted by Gasteiger charge is 2.18. The smallest absolute Gasteiger partial charge is 0.165 e. The molecule has 0 fully saturated rings. The van der Waals surface area contributed by atoms with Crippen LogP contribution in [0.15, 0.2) is 30.5 Å². The Balaban J connectivity index is 2.44. The van der Waals surface area contributed by atoms with Crippen LogP contribution in [0.25, 0.3) is 0 Å². The number of halogens is 2. The SMILES string of the molecule is Cc1nccc(C(O)c2cccc(F)c2F)n1. The van der Waals surface area contributed by atoms with Crippen molar-refractivity contribution in [1.29, 1.82) is 0 Å². The second kappa shape index (κ2) is 4.55. The highest BCUT2D eigenvalue weighted by Crippen LogP contribution is 2.23. The Hall–Kier alpha value is -1.88. The minimum Gasteiger partial charge on any atom is -0.382 e. The van der Waals surface area contributed by atoms with Crippen LogP contribution in [0.4, 0.5) is 8.78 Å². The Morgan fingerprint density at radius 1 is 1.24 bits per heavy atom. The molecule has 88 valence electrons. The van der Waals surface area contributed by atoms with E-state index in [1.165, 1.54) is 24.4 Å².